The molecule has 1 spiro atoms. The van der Waals surface area contributed by atoms with Crippen molar-refractivity contribution >= 4 is 33.7 Å². The number of hydrogen-bond acceptors (Lipinski definition) is 4. The molecule has 3 amide bonds. The van der Waals surface area contributed by atoms with Crippen LogP contribution in [0, 0.1) is 29.1 Å². The lowest BCUT2D eigenvalue weighted by molar-refractivity contribution is -0.144. The highest BCUT2D eigenvalue weighted by atomic mass is 79.9. The average molecular weight is 391 g/mol. The van der Waals surface area contributed by atoms with E-state index in [0.717, 1.165) is 17.9 Å². The first-order chi connectivity index (χ1) is 11.4. The van der Waals surface area contributed by atoms with E-state index in [1.54, 1.807) is 13.2 Å². The first-order valence-corrected chi connectivity index (χ1v) is 8.79. The number of fused-ring (bicyclic) bond motifs is 3. The molecule has 5 rings (SSSR count). The topological polar surface area (TPSA) is 84.3 Å². The zero-order chi connectivity index (χ0) is 16.8. The summed E-state index contributed by atoms with van der Waals surface area (Å²) in [6.45, 7) is 0. The van der Waals surface area contributed by atoms with Crippen molar-refractivity contribution in [2.24, 2.45) is 36.1 Å². The number of hydrogen-bond donors (Lipinski definition) is 1. The number of halogens is 1. The molecule has 1 saturated heterocycles. The van der Waals surface area contributed by atoms with Crippen LogP contribution in [0.4, 0.5) is 0 Å². The number of amides is 3. The van der Waals surface area contributed by atoms with Gasteiger partial charge in [0, 0.05) is 13.2 Å². The Balaban J connectivity index is 1.42. The Labute approximate surface area is 146 Å². The van der Waals surface area contributed by atoms with E-state index in [1.807, 2.05) is 0 Å². The maximum absolute atomic E-state index is 12.8. The Morgan fingerprint density at radius 1 is 1.25 bits per heavy atom. The molecule has 24 heavy (non-hydrogen) atoms. The number of carbonyl (C=O) groups is 3. The Kier molecular flexibility index (Phi) is 2.61. The maximum Gasteiger partial charge on any atom is 0.291 e. The molecule has 8 heteroatoms. The van der Waals surface area contributed by atoms with Crippen molar-refractivity contribution in [1.29, 1.82) is 0 Å². The number of nitrogens with zero attached hydrogens (tertiary/aromatic N) is 3. The highest BCUT2D eigenvalue weighted by Crippen LogP contribution is 2.73. The van der Waals surface area contributed by atoms with E-state index in [1.165, 1.54) is 4.68 Å². The SMILES string of the molecule is Cn1cc(Br)c(C(=O)NN2C(=O)[C@@H]3[C@@H](C2=O)[C@@H]2C=C[C@@H]3C23CC3)n1. The van der Waals surface area contributed by atoms with E-state index in [2.05, 4.69) is 38.6 Å². The number of rotatable bonds is 2. The zero-order valence-electron chi connectivity index (χ0n) is 12.9. The third-order valence-corrected chi connectivity index (χ3v) is 6.65. The van der Waals surface area contributed by atoms with Gasteiger partial charge in [-0.25, -0.2) is 0 Å². The number of aryl methyl sites for hydroxylation is 1. The van der Waals surface area contributed by atoms with Crippen molar-refractivity contribution in [3.8, 4) is 0 Å². The second kappa shape index (κ2) is 4.36. The summed E-state index contributed by atoms with van der Waals surface area (Å²) in [5.41, 5.74) is 2.76. The van der Waals surface area contributed by atoms with Gasteiger partial charge < -0.3 is 0 Å². The minimum absolute atomic E-state index is 0.146. The van der Waals surface area contributed by atoms with Gasteiger partial charge in [0.1, 0.15) is 0 Å². The Hall–Kier alpha value is -1.96. The lowest BCUT2D eigenvalue weighted by Crippen LogP contribution is -2.48. The number of imide groups is 1. The molecule has 1 aliphatic heterocycles. The van der Waals surface area contributed by atoms with Crippen molar-refractivity contribution in [3.05, 3.63) is 28.5 Å². The number of hydrazine groups is 1. The normalized spacial score (nSPS) is 34.3. The molecule has 3 fully saturated rings. The largest absolute Gasteiger partial charge is 0.291 e. The van der Waals surface area contributed by atoms with Crippen LogP contribution >= 0.6 is 15.9 Å². The summed E-state index contributed by atoms with van der Waals surface area (Å²) in [5, 5.41) is 4.96. The van der Waals surface area contributed by atoms with Crippen molar-refractivity contribution in [3.63, 3.8) is 0 Å². The fourth-order valence-corrected chi connectivity index (χ4v) is 5.51. The predicted octanol–water partition coefficient (Wildman–Crippen LogP) is 1.02. The van der Waals surface area contributed by atoms with Crippen molar-refractivity contribution < 1.29 is 14.4 Å². The molecule has 4 atom stereocenters. The van der Waals surface area contributed by atoms with Gasteiger partial charge in [-0.2, -0.15) is 10.1 Å². The minimum atomic E-state index is -0.564. The molecule has 0 aromatic carbocycles. The number of aromatic nitrogens is 2. The van der Waals surface area contributed by atoms with Crippen LogP contribution in [0.2, 0.25) is 0 Å². The monoisotopic (exact) mass is 390 g/mol. The fraction of sp³-hybridized carbons (Fsp3) is 0.500. The summed E-state index contributed by atoms with van der Waals surface area (Å²) in [6.07, 6.45) is 8.03. The molecule has 0 radical (unpaired) electrons. The van der Waals surface area contributed by atoms with Crippen molar-refractivity contribution in [1.82, 2.24) is 20.2 Å². The number of allylic oxidation sites excluding steroid dienone is 2. The van der Waals surface area contributed by atoms with E-state index >= 15 is 0 Å². The highest BCUT2D eigenvalue weighted by molar-refractivity contribution is 9.10. The second-order valence-corrected chi connectivity index (χ2v) is 8.03. The lowest BCUT2D eigenvalue weighted by Gasteiger charge is -2.21. The minimum Gasteiger partial charge on any atom is -0.274 e. The van der Waals surface area contributed by atoms with Crippen LogP contribution in [0.25, 0.3) is 0 Å². The van der Waals surface area contributed by atoms with Gasteiger partial charge in [0.05, 0.1) is 16.3 Å². The van der Waals surface area contributed by atoms with Crippen LogP contribution in [-0.4, -0.2) is 32.5 Å². The third kappa shape index (κ3) is 1.57. The van der Waals surface area contributed by atoms with Gasteiger partial charge >= 0.3 is 0 Å². The van der Waals surface area contributed by atoms with Crippen LogP contribution in [0.1, 0.15) is 23.3 Å². The number of carbonyl (C=O) groups excluding carboxylic acids is 3. The zero-order valence-corrected chi connectivity index (χ0v) is 14.5. The molecule has 2 heterocycles. The van der Waals surface area contributed by atoms with Gasteiger partial charge in [0.15, 0.2) is 5.69 Å². The average Bonchev–Trinajstić information content (AvgIpc) is 2.99. The van der Waals surface area contributed by atoms with Gasteiger partial charge in [-0.1, -0.05) is 12.2 Å². The van der Waals surface area contributed by atoms with Crippen LogP contribution in [0.3, 0.4) is 0 Å². The smallest absolute Gasteiger partial charge is 0.274 e. The molecular formula is C16H15BrN4O3. The third-order valence-electron chi connectivity index (χ3n) is 6.07. The Morgan fingerprint density at radius 2 is 1.83 bits per heavy atom. The molecule has 2 saturated carbocycles. The van der Waals surface area contributed by atoms with Gasteiger partial charge in [-0.15, -0.1) is 0 Å². The summed E-state index contributed by atoms with van der Waals surface area (Å²) in [5.74, 6) is -1.47. The van der Waals surface area contributed by atoms with Gasteiger partial charge in [0.25, 0.3) is 17.7 Å². The van der Waals surface area contributed by atoms with E-state index in [4.69, 9.17) is 0 Å². The molecular weight excluding hydrogens is 376 g/mol. The molecule has 1 aromatic heterocycles. The first kappa shape index (κ1) is 14.4. The summed E-state index contributed by atoms with van der Waals surface area (Å²) in [7, 11) is 1.69. The number of nitrogens with one attached hydrogen (secondary N) is 1. The molecule has 0 unspecified atom stereocenters. The molecule has 1 aromatic rings. The molecule has 4 aliphatic rings. The molecule has 1 N–H and O–H groups in total. The van der Waals surface area contributed by atoms with Crippen LogP contribution in [0.5, 0.6) is 0 Å². The highest BCUT2D eigenvalue weighted by Gasteiger charge is 2.73. The molecule has 124 valence electrons. The van der Waals surface area contributed by atoms with Crippen molar-refractivity contribution in [2.45, 2.75) is 12.8 Å². The molecule has 2 bridgehead atoms. The van der Waals surface area contributed by atoms with E-state index in [0.29, 0.717) is 4.47 Å². The van der Waals surface area contributed by atoms with E-state index < -0.39 is 5.91 Å². The molecule has 7 nitrogen and oxygen atoms in total. The second-order valence-electron chi connectivity index (χ2n) is 7.17. The fourth-order valence-electron chi connectivity index (χ4n) is 4.96. The lowest BCUT2D eigenvalue weighted by atomic mass is 9.85. The van der Waals surface area contributed by atoms with E-state index in [9.17, 15) is 14.4 Å². The van der Waals surface area contributed by atoms with Gasteiger partial charge in [-0.05, 0) is 46.0 Å². The Morgan fingerprint density at radius 3 is 2.29 bits per heavy atom. The van der Waals surface area contributed by atoms with Crippen LogP contribution in [0.15, 0.2) is 22.8 Å². The molecule has 3 aliphatic carbocycles. The summed E-state index contributed by atoms with van der Waals surface area (Å²) < 4.78 is 2.00. The summed E-state index contributed by atoms with van der Waals surface area (Å²) in [6, 6.07) is 0. The van der Waals surface area contributed by atoms with Gasteiger partial charge in [0.2, 0.25) is 0 Å². The van der Waals surface area contributed by atoms with Crippen LogP contribution < -0.4 is 5.43 Å². The summed E-state index contributed by atoms with van der Waals surface area (Å²) in [4.78, 5) is 37.9. The van der Waals surface area contributed by atoms with E-state index in [-0.39, 0.29) is 46.6 Å². The maximum atomic E-state index is 12.8. The van der Waals surface area contributed by atoms with Gasteiger partial charge in [-0.3, -0.25) is 24.5 Å². The van der Waals surface area contributed by atoms with Crippen molar-refractivity contribution in [2.75, 3.05) is 0 Å². The quantitative estimate of drug-likeness (QED) is 0.603. The summed E-state index contributed by atoms with van der Waals surface area (Å²) >= 11 is 3.26. The first-order valence-electron chi connectivity index (χ1n) is 8.00. The Bertz CT molecular complexity index is 806. The predicted molar refractivity (Wildman–Crippen MR) is 85.0 cm³/mol. The standard InChI is InChI=1S/C16H15BrN4O3/c1-20-6-9(17)12(18-20)13(22)19-21-14(23)10-7-2-3-8(11(10)15(21)24)16(7)4-5-16/h2-3,6-8,10-11H,4-5H2,1H3,(H,19,22)/t7-,8-,10-,11-/m0/s1. The van der Waals surface area contributed by atoms with Crippen LogP contribution in [-0.2, 0) is 16.6 Å².